The summed E-state index contributed by atoms with van der Waals surface area (Å²) in [6, 6.07) is 0. The molecule has 0 aliphatic carbocycles. The van der Waals surface area contributed by atoms with Crippen LogP contribution < -0.4 is 5.43 Å². The fourth-order valence-corrected chi connectivity index (χ4v) is 2.52. The minimum absolute atomic E-state index is 1.17. The number of nitrogens with zero attached hydrogens (tertiary/aromatic N) is 1. The summed E-state index contributed by atoms with van der Waals surface area (Å²) in [6.07, 6.45) is 16.4. The first kappa shape index (κ1) is 19.9. The van der Waals surface area contributed by atoms with Crippen LogP contribution in [0.2, 0.25) is 0 Å². The Kier molecular flexibility index (Phi) is 16.9. The molecule has 0 saturated carbocycles. The minimum Gasteiger partial charge on any atom is -0.255 e. The average Bonchev–Trinajstić information content (AvgIpc) is 2.46. The summed E-state index contributed by atoms with van der Waals surface area (Å²) in [4.78, 5) is 0. The average molecular weight is 285 g/mol. The van der Waals surface area contributed by atoms with Crippen LogP contribution in [0, 0.1) is 0 Å². The Bertz CT molecular complexity index is 161. The van der Waals surface area contributed by atoms with Gasteiger partial charge in [-0.3, -0.25) is 5.43 Å². The maximum Gasteiger partial charge on any atom is 0.0130 e. The molecular weight excluding hydrogens is 244 g/mol. The first-order chi connectivity index (χ1) is 9.85. The van der Waals surface area contributed by atoms with Crippen LogP contribution in [0.4, 0.5) is 0 Å². The van der Waals surface area contributed by atoms with Gasteiger partial charge in [-0.25, -0.2) is 5.01 Å². The second-order valence-electron chi connectivity index (χ2n) is 6.08. The van der Waals surface area contributed by atoms with E-state index in [0.717, 1.165) is 0 Å². The molecule has 0 unspecified atom stereocenters. The molecule has 0 aromatic heterocycles. The maximum absolute atomic E-state index is 3.66. The number of hydrogen-bond donors (Lipinski definition) is 1. The SMILES string of the molecule is CCCCCCCCNN(CCCCC)CCCCC. The molecule has 0 spiro atoms. The third-order valence-corrected chi connectivity index (χ3v) is 3.93. The molecule has 0 atom stereocenters. The zero-order valence-corrected chi connectivity index (χ0v) is 14.6. The molecule has 0 radical (unpaired) electrons. The van der Waals surface area contributed by atoms with Crippen molar-refractivity contribution in [1.29, 1.82) is 0 Å². The van der Waals surface area contributed by atoms with E-state index in [1.165, 1.54) is 96.7 Å². The van der Waals surface area contributed by atoms with Crippen LogP contribution in [0.15, 0.2) is 0 Å². The van der Waals surface area contributed by atoms with Gasteiger partial charge < -0.3 is 0 Å². The molecule has 0 aromatic carbocycles. The molecule has 0 aromatic rings. The Hall–Kier alpha value is -0.0800. The predicted molar refractivity (Wildman–Crippen MR) is 92.0 cm³/mol. The fraction of sp³-hybridized carbons (Fsp3) is 1.00. The maximum atomic E-state index is 3.66. The second kappa shape index (κ2) is 17.0. The number of hydrazine groups is 1. The smallest absolute Gasteiger partial charge is 0.0130 e. The molecule has 20 heavy (non-hydrogen) atoms. The van der Waals surface area contributed by atoms with Crippen molar-refractivity contribution < 1.29 is 0 Å². The Morgan fingerprint density at radius 1 is 0.550 bits per heavy atom. The van der Waals surface area contributed by atoms with Gasteiger partial charge in [-0.05, 0) is 19.3 Å². The van der Waals surface area contributed by atoms with Crippen molar-refractivity contribution in [2.45, 2.75) is 97.8 Å². The van der Waals surface area contributed by atoms with Crippen molar-refractivity contribution in [3.8, 4) is 0 Å². The van der Waals surface area contributed by atoms with Crippen molar-refractivity contribution in [1.82, 2.24) is 10.4 Å². The highest BCUT2D eigenvalue weighted by Gasteiger charge is 2.03. The van der Waals surface area contributed by atoms with Crippen LogP contribution in [-0.2, 0) is 0 Å². The first-order valence-corrected chi connectivity index (χ1v) is 9.33. The number of nitrogens with one attached hydrogen (secondary N) is 1. The lowest BCUT2D eigenvalue weighted by molar-refractivity contribution is 0.178. The molecular formula is C18H40N2. The molecule has 0 heterocycles. The number of hydrogen-bond acceptors (Lipinski definition) is 2. The molecule has 0 bridgehead atoms. The van der Waals surface area contributed by atoms with E-state index in [2.05, 4.69) is 31.2 Å². The van der Waals surface area contributed by atoms with Gasteiger partial charge in [0.25, 0.3) is 0 Å². The molecule has 0 amide bonds. The van der Waals surface area contributed by atoms with E-state index in [1.807, 2.05) is 0 Å². The summed E-state index contributed by atoms with van der Waals surface area (Å²) in [7, 11) is 0. The van der Waals surface area contributed by atoms with Gasteiger partial charge in [0.15, 0.2) is 0 Å². The third-order valence-electron chi connectivity index (χ3n) is 3.93. The van der Waals surface area contributed by atoms with E-state index in [-0.39, 0.29) is 0 Å². The minimum atomic E-state index is 1.17. The van der Waals surface area contributed by atoms with Crippen LogP contribution in [0.25, 0.3) is 0 Å². The fourth-order valence-electron chi connectivity index (χ4n) is 2.52. The quantitative estimate of drug-likeness (QED) is 0.296. The Balaban J connectivity index is 3.56. The Labute approximate surface area is 128 Å². The van der Waals surface area contributed by atoms with Gasteiger partial charge in [-0.1, -0.05) is 78.6 Å². The van der Waals surface area contributed by atoms with Crippen LogP contribution in [0.3, 0.4) is 0 Å². The van der Waals surface area contributed by atoms with E-state index in [0.29, 0.717) is 0 Å². The molecule has 0 aliphatic rings. The highest BCUT2D eigenvalue weighted by molar-refractivity contribution is 4.55. The van der Waals surface area contributed by atoms with Gasteiger partial charge in [0.1, 0.15) is 0 Å². The van der Waals surface area contributed by atoms with Crippen molar-refractivity contribution in [2.75, 3.05) is 19.6 Å². The van der Waals surface area contributed by atoms with Crippen molar-refractivity contribution in [2.24, 2.45) is 0 Å². The number of unbranched alkanes of at least 4 members (excludes halogenated alkanes) is 9. The van der Waals surface area contributed by atoms with Crippen LogP contribution in [0.1, 0.15) is 97.8 Å². The largest absolute Gasteiger partial charge is 0.255 e. The van der Waals surface area contributed by atoms with Crippen molar-refractivity contribution >= 4 is 0 Å². The van der Waals surface area contributed by atoms with Crippen molar-refractivity contribution in [3.05, 3.63) is 0 Å². The zero-order valence-electron chi connectivity index (χ0n) is 14.6. The lowest BCUT2D eigenvalue weighted by atomic mass is 10.1. The highest BCUT2D eigenvalue weighted by Crippen LogP contribution is 2.05. The molecule has 0 rings (SSSR count). The third kappa shape index (κ3) is 14.3. The molecule has 0 saturated heterocycles. The highest BCUT2D eigenvalue weighted by atomic mass is 15.5. The van der Waals surface area contributed by atoms with Gasteiger partial charge in [-0.15, -0.1) is 0 Å². The summed E-state index contributed by atoms with van der Waals surface area (Å²) >= 11 is 0. The van der Waals surface area contributed by atoms with E-state index in [1.54, 1.807) is 0 Å². The second-order valence-corrected chi connectivity index (χ2v) is 6.08. The summed E-state index contributed by atoms with van der Waals surface area (Å²) < 4.78 is 0. The normalized spacial score (nSPS) is 11.4. The van der Waals surface area contributed by atoms with E-state index in [9.17, 15) is 0 Å². The Morgan fingerprint density at radius 2 is 1.00 bits per heavy atom. The van der Waals surface area contributed by atoms with Gasteiger partial charge >= 0.3 is 0 Å². The molecule has 0 fully saturated rings. The lowest BCUT2D eigenvalue weighted by Gasteiger charge is -2.23. The molecule has 2 heteroatoms. The molecule has 0 aliphatic heterocycles. The van der Waals surface area contributed by atoms with Crippen LogP contribution >= 0.6 is 0 Å². The standard InChI is InChI=1S/C18H40N2/c1-4-7-10-11-12-13-16-19-20(17-14-8-5-2)18-15-9-6-3/h19H,4-18H2,1-3H3. The van der Waals surface area contributed by atoms with Gasteiger partial charge in [-0.2, -0.15) is 0 Å². The monoisotopic (exact) mass is 284 g/mol. The van der Waals surface area contributed by atoms with Gasteiger partial charge in [0.05, 0.1) is 0 Å². The van der Waals surface area contributed by atoms with Gasteiger partial charge in [0.2, 0.25) is 0 Å². The summed E-state index contributed by atoms with van der Waals surface area (Å²) in [6.45, 7) is 10.5. The molecule has 2 nitrogen and oxygen atoms in total. The predicted octanol–water partition coefficient (Wildman–Crippen LogP) is 5.53. The number of rotatable bonds is 16. The van der Waals surface area contributed by atoms with Crippen LogP contribution in [-0.4, -0.2) is 24.6 Å². The van der Waals surface area contributed by atoms with Crippen LogP contribution in [0.5, 0.6) is 0 Å². The van der Waals surface area contributed by atoms with E-state index >= 15 is 0 Å². The topological polar surface area (TPSA) is 15.3 Å². The van der Waals surface area contributed by atoms with Crippen molar-refractivity contribution in [3.63, 3.8) is 0 Å². The van der Waals surface area contributed by atoms with Gasteiger partial charge in [0, 0.05) is 19.6 Å². The molecule has 1 N–H and O–H groups in total. The Morgan fingerprint density at radius 3 is 1.55 bits per heavy atom. The zero-order chi connectivity index (χ0) is 14.9. The van der Waals surface area contributed by atoms with E-state index in [4.69, 9.17) is 0 Å². The van der Waals surface area contributed by atoms with E-state index < -0.39 is 0 Å². The molecule has 122 valence electrons. The first-order valence-electron chi connectivity index (χ1n) is 9.33. The summed E-state index contributed by atoms with van der Waals surface area (Å²) in [5.74, 6) is 0. The lowest BCUT2D eigenvalue weighted by Crippen LogP contribution is -2.40. The summed E-state index contributed by atoms with van der Waals surface area (Å²) in [5, 5.41) is 2.48. The summed E-state index contributed by atoms with van der Waals surface area (Å²) in [5.41, 5.74) is 3.66.